The zero-order chi connectivity index (χ0) is 49.3. The van der Waals surface area contributed by atoms with Gasteiger partial charge in [0.25, 0.3) is 0 Å². The molecule has 0 fully saturated rings. The number of nitrogens with zero attached hydrogens (tertiary/aromatic N) is 5. The number of rotatable bonds is 7. The molecule has 346 valence electrons. The lowest BCUT2D eigenvalue weighted by molar-refractivity contribution is -0.142. The van der Waals surface area contributed by atoms with E-state index >= 15 is 26.3 Å². The first kappa shape index (κ1) is 44.0. The van der Waals surface area contributed by atoms with Crippen LogP contribution in [0.15, 0.2) is 213 Å². The van der Waals surface area contributed by atoms with Crippen LogP contribution in [0.25, 0.3) is 111 Å². The first-order valence-electron chi connectivity index (χ1n) is 22.9. The predicted molar refractivity (Wildman–Crippen MR) is 273 cm³/mol. The molecule has 0 saturated heterocycles. The zero-order valence-corrected chi connectivity index (χ0v) is 37.7. The molecular weight excluding hydrogens is 917 g/mol. The van der Waals surface area contributed by atoms with Crippen molar-refractivity contribution in [2.75, 3.05) is 0 Å². The molecule has 0 bridgehead atoms. The number of hydrogen-bond acceptors (Lipinski definition) is 3. The monoisotopic (exact) mass is 951 g/mol. The van der Waals surface area contributed by atoms with Crippen molar-refractivity contribution in [3.8, 4) is 73.3 Å². The molecule has 0 spiro atoms. The molecule has 0 saturated carbocycles. The summed E-state index contributed by atoms with van der Waals surface area (Å²) in [6.45, 7) is 0. The van der Waals surface area contributed by atoms with Gasteiger partial charge >= 0.3 is 12.4 Å². The molecule has 0 aliphatic heterocycles. The van der Waals surface area contributed by atoms with Crippen LogP contribution in [-0.2, 0) is 12.4 Å². The first-order chi connectivity index (χ1) is 34.9. The summed E-state index contributed by atoms with van der Waals surface area (Å²) in [7, 11) is 0. The maximum absolute atomic E-state index is 15.7. The average Bonchev–Trinajstić information content (AvgIpc) is 3.92. The summed E-state index contributed by atoms with van der Waals surface area (Å²) in [6.07, 6.45) is -7.04. The molecule has 0 amide bonds. The molecule has 0 unspecified atom stereocenters. The van der Waals surface area contributed by atoms with Crippen LogP contribution < -0.4 is 0 Å². The standard InChI is InChI=1S/C61H35F6N5/c62-60(63,64)48-18-11-19-49(61(65,66)67)58(48)59-56(71-52-20-9-7-16-44(52)46-26-22-40(32-54(46)71)42-24-28-50(69-35-42)38-12-3-1-4-13-38)30-37(34-68)31-57(59)72-53-21-10-8-17-45(53)47-27-23-41(33-55(47)72)43-25-29-51(70-36-43)39-14-5-2-6-15-39/h1-33,35-36H. The van der Waals surface area contributed by atoms with Gasteiger partial charge in [0.1, 0.15) is 0 Å². The molecule has 5 nitrogen and oxygen atoms in total. The van der Waals surface area contributed by atoms with Crippen LogP contribution >= 0.6 is 0 Å². The van der Waals surface area contributed by atoms with E-state index in [4.69, 9.17) is 9.97 Å². The van der Waals surface area contributed by atoms with Gasteiger partial charge in [-0.1, -0.05) is 140 Å². The second kappa shape index (κ2) is 17.0. The molecule has 0 N–H and O–H groups in total. The van der Waals surface area contributed by atoms with Crippen molar-refractivity contribution in [1.82, 2.24) is 19.1 Å². The molecule has 0 radical (unpaired) electrons. The Kier molecular flexibility index (Phi) is 10.4. The number of benzene rings is 8. The third-order valence-corrected chi connectivity index (χ3v) is 13.3. The van der Waals surface area contributed by atoms with E-state index in [1.54, 1.807) is 45.8 Å². The SMILES string of the molecule is N#Cc1cc(-n2c3ccccc3c3ccc(-c4ccc(-c5ccccc5)nc4)cc32)c(-c2c(C(F)(F)F)cccc2C(F)(F)F)c(-n2c3ccccc3c3ccc(-c4ccc(-c5ccccc5)nc4)cc32)c1. The van der Waals surface area contributed by atoms with Crippen LogP contribution in [0.5, 0.6) is 0 Å². The molecule has 0 aliphatic rings. The van der Waals surface area contributed by atoms with E-state index < -0.39 is 29.0 Å². The van der Waals surface area contributed by atoms with Crippen LogP contribution in [0.3, 0.4) is 0 Å². The zero-order valence-electron chi connectivity index (χ0n) is 37.7. The quantitative estimate of drug-likeness (QED) is 0.150. The molecule has 11 heteroatoms. The van der Waals surface area contributed by atoms with E-state index in [1.807, 2.05) is 146 Å². The van der Waals surface area contributed by atoms with Gasteiger partial charge in [0, 0.05) is 67.3 Å². The maximum atomic E-state index is 15.7. The van der Waals surface area contributed by atoms with Gasteiger partial charge in [-0.25, -0.2) is 0 Å². The van der Waals surface area contributed by atoms with E-state index in [0.717, 1.165) is 39.7 Å². The van der Waals surface area contributed by atoms with Gasteiger partial charge in [-0.3, -0.25) is 9.97 Å². The van der Waals surface area contributed by atoms with Crippen molar-refractivity contribution in [3.05, 3.63) is 229 Å². The molecular formula is C61H35F6N5. The molecule has 72 heavy (non-hydrogen) atoms. The minimum absolute atomic E-state index is 0.00683. The molecule has 4 aromatic heterocycles. The second-order valence-corrected chi connectivity index (χ2v) is 17.5. The predicted octanol–water partition coefficient (Wildman–Crippen LogP) is 16.9. The first-order valence-corrected chi connectivity index (χ1v) is 22.9. The fourth-order valence-corrected chi connectivity index (χ4v) is 10.1. The van der Waals surface area contributed by atoms with Crippen LogP contribution in [0, 0.1) is 11.3 Å². The highest BCUT2D eigenvalue weighted by Crippen LogP contribution is 2.51. The molecule has 8 aromatic carbocycles. The largest absolute Gasteiger partial charge is 0.417 e. The topological polar surface area (TPSA) is 59.4 Å². The Morgan fingerprint density at radius 2 is 0.764 bits per heavy atom. The van der Waals surface area contributed by atoms with Crippen molar-refractivity contribution in [1.29, 1.82) is 5.26 Å². The van der Waals surface area contributed by atoms with Gasteiger partial charge in [0.15, 0.2) is 0 Å². The Bertz CT molecular complexity index is 3860. The fourth-order valence-electron chi connectivity index (χ4n) is 10.1. The minimum atomic E-state index is -5.25. The van der Waals surface area contributed by atoms with Gasteiger partial charge in [0.2, 0.25) is 0 Å². The second-order valence-electron chi connectivity index (χ2n) is 17.5. The van der Waals surface area contributed by atoms with Gasteiger partial charge < -0.3 is 9.13 Å². The van der Waals surface area contributed by atoms with Gasteiger partial charge in [-0.15, -0.1) is 0 Å². The van der Waals surface area contributed by atoms with E-state index in [0.29, 0.717) is 66.9 Å². The number of para-hydroxylation sites is 2. The Labute approximate surface area is 407 Å². The Morgan fingerprint density at radius 1 is 0.361 bits per heavy atom. The van der Waals surface area contributed by atoms with Gasteiger partial charge in [-0.05, 0) is 71.8 Å². The van der Waals surface area contributed by atoms with Crippen molar-refractivity contribution >= 4 is 43.6 Å². The van der Waals surface area contributed by atoms with Crippen LogP contribution in [0.1, 0.15) is 16.7 Å². The normalized spacial score (nSPS) is 12.0. The molecule has 0 aliphatic carbocycles. The van der Waals surface area contributed by atoms with Crippen LogP contribution in [0.2, 0.25) is 0 Å². The summed E-state index contributed by atoms with van der Waals surface area (Å²) in [4.78, 5) is 9.48. The molecule has 0 atom stereocenters. The number of aromatic nitrogens is 4. The number of alkyl halides is 6. The molecule has 12 rings (SSSR count). The number of hydrogen-bond donors (Lipinski definition) is 0. The molecule has 4 heterocycles. The minimum Gasteiger partial charge on any atom is -0.308 e. The van der Waals surface area contributed by atoms with Crippen molar-refractivity contribution in [2.24, 2.45) is 0 Å². The third kappa shape index (κ3) is 7.43. The maximum Gasteiger partial charge on any atom is 0.417 e. The Balaban J connectivity index is 1.19. The third-order valence-electron chi connectivity index (χ3n) is 13.3. The van der Waals surface area contributed by atoms with E-state index in [2.05, 4.69) is 6.07 Å². The van der Waals surface area contributed by atoms with Crippen molar-refractivity contribution in [3.63, 3.8) is 0 Å². The lowest BCUT2D eigenvalue weighted by Crippen LogP contribution is -2.16. The highest BCUT2D eigenvalue weighted by atomic mass is 19.4. The smallest absolute Gasteiger partial charge is 0.308 e. The lowest BCUT2D eigenvalue weighted by atomic mass is 9.89. The number of pyridine rings is 2. The Morgan fingerprint density at radius 3 is 1.17 bits per heavy atom. The number of fused-ring (bicyclic) bond motifs is 6. The van der Waals surface area contributed by atoms with Gasteiger partial charge in [-0.2, -0.15) is 31.6 Å². The Hall–Kier alpha value is -9.27. The van der Waals surface area contributed by atoms with Gasteiger partial charge in [0.05, 0.1) is 67.6 Å². The van der Waals surface area contributed by atoms with Crippen LogP contribution in [-0.4, -0.2) is 19.1 Å². The summed E-state index contributed by atoms with van der Waals surface area (Å²) in [5.41, 5.74) is 3.63. The summed E-state index contributed by atoms with van der Waals surface area (Å²) in [5, 5.41) is 13.7. The lowest BCUT2D eigenvalue weighted by Gasteiger charge is -2.25. The summed E-state index contributed by atoms with van der Waals surface area (Å²) >= 11 is 0. The number of nitriles is 1. The van der Waals surface area contributed by atoms with Crippen molar-refractivity contribution < 1.29 is 26.3 Å². The van der Waals surface area contributed by atoms with E-state index in [-0.39, 0.29) is 22.5 Å². The van der Waals surface area contributed by atoms with Crippen LogP contribution in [0.4, 0.5) is 26.3 Å². The highest BCUT2D eigenvalue weighted by molar-refractivity contribution is 6.13. The number of halogens is 6. The van der Waals surface area contributed by atoms with E-state index in [1.165, 1.54) is 12.1 Å². The molecule has 12 aromatic rings. The summed E-state index contributed by atoms with van der Waals surface area (Å²) in [6, 6.07) is 59.9. The highest BCUT2D eigenvalue weighted by Gasteiger charge is 2.43. The van der Waals surface area contributed by atoms with Crippen molar-refractivity contribution in [2.45, 2.75) is 12.4 Å². The van der Waals surface area contributed by atoms with E-state index in [9.17, 15) is 5.26 Å². The fraction of sp³-hybridized carbons (Fsp3) is 0.0328. The summed E-state index contributed by atoms with van der Waals surface area (Å²) in [5.74, 6) is 0. The summed E-state index contributed by atoms with van der Waals surface area (Å²) < 4.78 is 97.7. The average molecular weight is 952 g/mol.